The molecule has 19 atom stereocenters. The van der Waals surface area contributed by atoms with Crippen LogP contribution in [0.1, 0.15) is 109 Å². The lowest BCUT2D eigenvalue weighted by molar-refractivity contribution is -0.318. The second-order valence-electron chi connectivity index (χ2n) is 17.9. The van der Waals surface area contributed by atoms with Gasteiger partial charge in [0, 0.05) is 31.8 Å². The molecular weight excluding hydrogens is 728 g/mol. The number of nitrogens with zero attached hydrogens (tertiary/aromatic N) is 2. The van der Waals surface area contributed by atoms with Crippen LogP contribution in [-0.4, -0.2) is 127 Å². The van der Waals surface area contributed by atoms with E-state index in [0.717, 1.165) is 0 Å². The zero-order chi connectivity index (χ0) is 42.1. The quantitative estimate of drug-likeness (QED) is 0.283. The first-order valence-corrected chi connectivity index (χ1v) is 20.4. The number of aromatic nitrogens is 2. The number of imidazole rings is 1. The Morgan fingerprint density at radius 2 is 1.59 bits per heavy atom. The van der Waals surface area contributed by atoms with Crippen LogP contribution in [0.15, 0.2) is 18.7 Å². The van der Waals surface area contributed by atoms with Crippen LogP contribution in [0, 0.1) is 35.5 Å². The van der Waals surface area contributed by atoms with Crippen molar-refractivity contribution in [3.63, 3.8) is 0 Å². The smallest absolute Gasteiger partial charge is 0.419 e. The van der Waals surface area contributed by atoms with E-state index in [-0.39, 0.29) is 43.1 Å². The van der Waals surface area contributed by atoms with Gasteiger partial charge in [0.05, 0.1) is 42.0 Å². The van der Waals surface area contributed by atoms with Gasteiger partial charge < -0.3 is 53.6 Å². The summed E-state index contributed by atoms with van der Waals surface area (Å²) in [6.45, 7) is 21.5. The lowest BCUT2D eigenvalue weighted by Crippen LogP contribution is -2.60. The summed E-state index contributed by atoms with van der Waals surface area (Å²) in [6.07, 6.45) is -4.64. The molecule has 0 aromatic carbocycles. The molecule has 15 nitrogen and oxygen atoms in total. The Balaban J connectivity index is 1.78. The fourth-order valence-electron chi connectivity index (χ4n) is 9.25. The normalized spacial score (nSPS) is 47.4. The Morgan fingerprint density at radius 3 is 2.18 bits per heavy atom. The van der Waals surface area contributed by atoms with Crippen LogP contribution < -0.4 is 0 Å². The van der Waals surface area contributed by atoms with Gasteiger partial charge in [-0.1, -0.05) is 41.5 Å². The van der Waals surface area contributed by atoms with E-state index < -0.39 is 102 Å². The Kier molecular flexibility index (Phi) is 15.2. The number of rotatable bonds is 7. The van der Waals surface area contributed by atoms with E-state index in [9.17, 15) is 30.0 Å². The predicted molar refractivity (Wildman–Crippen MR) is 204 cm³/mol. The number of methoxy groups -OCH3 is 1. The average molecular weight is 799 g/mol. The molecule has 15 heteroatoms. The van der Waals surface area contributed by atoms with Crippen molar-refractivity contribution < 1.29 is 63.2 Å². The molecule has 3 aliphatic heterocycles. The number of hydrogen-bond donors (Lipinski definition) is 4. The molecule has 322 valence electrons. The summed E-state index contributed by atoms with van der Waals surface area (Å²) in [4.78, 5) is 31.2. The summed E-state index contributed by atoms with van der Waals surface area (Å²) in [5.41, 5.74) is -4.50. The summed E-state index contributed by atoms with van der Waals surface area (Å²) in [5, 5.41) is 47.3. The minimum Gasteiger partial charge on any atom is -0.459 e. The van der Waals surface area contributed by atoms with E-state index in [4.69, 9.17) is 33.2 Å². The van der Waals surface area contributed by atoms with Crippen LogP contribution in [0.3, 0.4) is 0 Å². The molecular formula is C41H70N2O13. The summed E-state index contributed by atoms with van der Waals surface area (Å²) in [6, 6.07) is 0. The molecule has 0 saturated carbocycles. The zero-order valence-electron chi connectivity index (χ0n) is 35.7. The first-order chi connectivity index (χ1) is 26.0. The number of carbonyl (C=O) groups is 2. The molecule has 0 radical (unpaired) electrons. The maximum Gasteiger partial charge on any atom is 0.419 e. The highest BCUT2D eigenvalue weighted by Crippen LogP contribution is 2.43. The summed E-state index contributed by atoms with van der Waals surface area (Å²) >= 11 is 0. The molecule has 0 aliphatic carbocycles. The molecule has 0 bridgehead atoms. The number of aliphatic hydroxyl groups is 4. The molecule has 1 aromatic rings. The van der Waals surface area contributed by atoms with E-state index >= 15 is 0 Å². The number of esters is 1. The third kappa shape index (κ3) is 9.96. The first kappa shape index (κ1) is 46.5. The van der Waals surface area contributed by atoms with Crippen molar-refractivity contribution in [3.8, 4) is 0 Å². The van der Waals surface area contributed by atoms with Crippen LogP contribution >= 0.6 is 0 Å². The molecule has 4 N–H and O–H groups in total. The van der Waals surface area contributed by atoms with Gasteiger partial charge in [-0.15, -0.1) is 0 Å². The fourth-order valence-corrected chi connectivity index (χ4v) is 9.25. The van der Waals surface area contributed by atoms with Crippen LogP contribution in [0.25, 0.3) is 0 Å². The maximum atomic E-state index is 14.3. The Morgan fingerprint density at radius 1 is 0.929 bits per heavy atom. The molecule has 0 spiro atoms. The summed E-state index contributed by atoms with van der Waals surface area (Å²) < 4.78 is 45.1. The van der Waals surface area contributed by atoms with Crippen molar-refractivity contribution in [2.45, 2.75) is 187 Å². The topological polar surface area (TPSA) is 197 Å². The summed E-state index contributed by atoms with van der Waals surface area (Å²) in [5.74, 6) is -3.52. The predicted octanol–water partition coefficient (Wildman–Crippen LogP) is 4.45. The third-order valence-corrected chi connectivity index (χ3v) is 13.2. The highest BCUT2D eigenvalue weighted by Gasteiger charge is 2.54. The highest BCUT2D eigenvalue weighted by molar-refractivity contribution is 5.73. The van der Waals surface area contributed by atoms with Crippen LogP contribution in [-0.2, 0) is 38.0 Å². The maximum absolute atomic E-state index is 14.3. The zero-order valence-corrected chi connectivity index (χ0v) is 35.7. The molecule has 3 fully saturated rings. The number of aliphatic hydroxyl groups excluding tert-OH is 2. The van der Waals surface area contributed by atoms with Crippen molar-refractivity contribution in [1.82, 2.24) is 9.55 Å². The third-order valence-electron chi connectivity index (χ3n) is 13.2. The van der Waals surface area contributed by atoms with Gasteiger partial charge >= 0.3 is 12.1 Å². The van der Waals surface area contributed by atoms with Gasteiger partial charge in [-0.3, -0.25) is 4.79 Å². The van der Waals surface area contributed by atoms with Crippen LogP contribution in [0.4, 0.5) is 4.79 Å². The van der Waals surface area contributed by atoms with E-state index in [1.807, 2.05) is 41.5 Å². The van der Waals surface area contributed by atoms with Crippen molar-refractivity contribution in [1.29, 1.82) is 0 Å². The molecule has 1 aromatic heterocycles. The van der Waals surface area contributed by atoms with Crippen LogP contribution in [0.2, 0.25) is 0 Å². The molecule has 56 heavy (non-hydrogen) atoms. The Labute approximate surface area is 332 Å². The highest BCUT2D eigenvalue weighted by atomic mass is 16.7. The minimum absolute atomic E-state index is 0.0764. The van der Waals surface area contributed by atoms with E-state index in [0.29, 0.717) is 6.42 Å². The van der Waals surface area contributed by atoms with Gasteiger partial charge in [0.25, 0.3) is 0 Å². The van der Waals surface area contributed by atoms with Gasteiger partial charge in [0.1, 0.15) is 29.7 Å². The van der Waals surface area contributed by atoms with Gasteiger partial charge in [0.15, 0.2) is 18.7 Å². The lowest BCUT2D eigenvalue weighted by atomic mass is 9.70. The summed E-state index contributed by atoms with van der Waals surface area (Å²) in [7, 11) is 1.50. The van der Waals surface area contributed by atoms with Gasteiger partial charge in [0.2, 0.25) is 0 Å². The minimum atomic E-state index is -1.80. The standard InChI is InChI=1S/C41H70N2O13/c1-14-29-41(12,49)33(45)25(6)24(5)22(3)18-39(10,48)34(55-37-31(44)21(2)17-23(4)51-37)26(7)32(27(8)36(46)53-29)54-30-19-40(11,50-13)35(28(9)52-30)56-38(47)43-16-15-42-20-43/h15-16,20-35,37,44-45,48-49H,14,17-19H2,1-13H3/t21?,22-,23?,24+,25+,26+,27-,28?,29-,30?,31?,32+,33-,34-,35?,37?,39-,40?,41-/m1/s1. The SMILES string of the molecule is CC[C@H]1OC(=O)[C@H](C)[C@@H](OC2CC(C)(OC)C(OC(=O)n3ccnc3)C(C)O2)[C@H](C)[C@@H](OC2OC(C)CC(C)C2O)[C@](C)(O)C[C@@H](C)[C@H](C)[C@H](C)[C@@H](O)[C@]1(C)O. The number of carbonyl (C=O) groups excluding carboxylic acids is 2. The van der Waals surface area contributed by atoms with Gasteiger partial charge in [-0.05, 0) is 84.5 Å². The fraction of sp³-hybridized carbons (Fsp3) is 0.878. The largest absolute Gasteiger partial charge is 0.459 e. The molecule has 0 amide bonds. The van der Waals surface area contributed by atoms with Crippen LogP contribution in [0.5, 0.6) is 0 Å². The second-order valence-corrected chi connectivity index (χ2v) is 17.9. The van der Waals surface area contributed by atoms with Crippen molar-refractivity contribution in [3.05, 3.63) is 18.7 Å². The van der Waals surface area contributed by atoms with Gasteiger partial charge in [-0.2, -0.15) is 0 Å². The van der Waals surface area contributed by atoms with Crippen molar-refractivity contribution in [2.24, 2.45) is 35.5 Å². The monoisotopic (exact) mass is 798 g/mol. The number of cyclic esters (lactones) is 1. The van der Waals surface area contributed by atoms with E-state index in [1.165, 1.54) is 37.3 Å². The van der Waals surface area contributed by atoms with Crippen molar-refractivity contribution >= 4 is 12.1 Å². The molecule has 3 aliphatic rings. The second kappa shape index (κ2) is 18.4. The van der Waals surface area contributed by atoms with E-state index in [2.05, 4.69) is 4.98 Å². The average Bonchev–Trinajstić information content (AvgIpc) is 3.68. The molecule has 4 rings (SSSR count). The lowest BCUT2D eigenvalue weighted by Gasteiger charge is -2.49. The molecule has 4 heterocycles. The van der Waals surface area contributed by atoms with Crippen molar-refractivity contribution in [2.75, 3.05) is 7.11 Å². The first-order valence-electron chi connectivity index (χ1n) is 20.4. The van der Waals surface area contributed by atoms with E-state index in [1.54, 1.807) is 34.6 Å². The molecule has 8 unspecified atom stereocenters. The van der Waals surface area contributed by atoms with Gasteiger partial charge in [-0.25, -0.2) is 14.3 Å². The number of hydrogen-bond acceptors (Lipinski definition) is 14. The number of ether oxygens (including phenoxy) is 7. The Hall–Kier alpha value is -2.21. The Bertz CT molecular complexity index is 1430. The molecule has 3 saturated heterocycles.